The van der Waals surface area contributed by atoms with Crippen molar-refractivity contribution < 1.29 is 0 Å². The van der Waals surface area contributed by atoms with Crippen LogP contribution in [0.15, 0.2) is 16.9 Å². The maximum atomic E-state index is 5.32. The van der Waals surface area contributed by atoms with E-state index in [0.29, 0.717) is 5.16 Å². The number of hydrogen-bond acceptors (Lipinski definition) is 1. The monoisotopic (exact) mass is 389 g/mol. The second kappa shape index (κ2) is 8.36. The van der Waals surface area contributed by atoms with E-state index in [0.717, 1.165) is 0 Å². The van der Waals surface area contributed by atoms with Gasteiger partial charge in [-0.15, -0.1) is 0 Å². The first-order valence-electron chi connectivity index (χ1n) is 10.7. The highest BCUT2D eigenvalue weighted by Gasteiger charge is 2.30. The Morgan fingerprint density at radius 2 is 1.04 bits per heavy atom. The molecule has 1 aromatic carbocycles. The first-order chi connectivity index (χ1) is 12.1. The molecule has 0 saturated heterocycles. The molecule has 0 saturated carbocycles. The summed E-state index contributed by atoms with van der Waals surface area (Å²) in [5.74, 6) is 0. The van der Waals surface area contributed by atoms with Crippen molar-refractivity contribution in [1.82, 2.24) is 0 Å². The molecule has 0 N–H and O–H groups in total. The Kier molecular flexibility index (Phi) is 7.54. The van der Waals surface area contributed by atoms with E-state index in [-0.39, 0.29) is 16.2 Å². The smallest absolute Gasteiger partial charge is 0.0750 e. The first-order valence-corrected chi connectivity index (χ1v) is 11.6. The maximum Gasteiger partial charge on any atom is 0.0750 e. The Morgan fingerprint density at radius 3 is 1.30 bits per heavy atom. The molecule has 0 atom stereocenters. The van der Waals surface area contributed by atoms with Crippen LogP contribution in [0.2, 0.25) is 0 Å². The van der Waals surface area contributed by atoms with Gasteiger partial charge in [0.1, 0.15) is 0 Å². The van der Waals surface area contributed by atoms with E-state index >= 15 is 0 Å². The lowest BCUT2D eigenvalue weighted by Gasteiger charge is -2.32. The molecule has 0 amide bonds. The topological polar surface area (TPSA) is 12.4 Å². The minimum atomic E-state index is 0.0723. The zero-order valence-electron chi connectivity index (χ0n) is 20.2. The molecule has 0 radical (unpaired) electrons. The zero-order chi connectivity index (χ0) is 21.3. The van der Waals surface area contributed by atoms with Crippen molar-refractivity contribution in [1.29, 1.82) is 0 Å². The standard InChI is InChI=1S/C25H44NP/c1-13-25(14-2,15-3)27-26-21-19(23(7,8)9)16-18(22(4,5)6)17-20(21)24(10,11)12/h16-17H,13-15H2,1-12H3. The summed E-state index contributed by atoms with van der Waals surface area (Å²) in [4.78, 5) is 0. The van der Waals surface area contributed by atoms with Crippen LogP contribution in [0, 0.1) is 0 Å². The van der Waals surface area contributed by atoms with Crippen molar-refractivity contribution in [3.05, 3.63) is 28.8 Å². The van der Waals surface area contributed by atoms with Crippen LogP contribution in [-0.2, 0) is 16.2 Å². The van der Waals surface area contributed by atoms with Crippen LogP contribution < -0.4 is 0 Å². The maximum absolute atomic E-state index is 5.32. The van der Waals surface area contributed by atoms with Gasteiger partial charge in [-0.25, -0.2) is 4.74 Å². The highest BCUT2D eigenvalue weighted by atomic mass is 31.1. The molecule has 0 bridgehead atoms. The largest absolute Gasteiger partial charge is 0.231 e. The molecule has 0 aliphatic heterocycles. The summed E-state index contributed by atoms with van der Waals surface area (Å²) in [6, 6.07) is 4.85. The molecule has 0 heterocycles. The van der Waals surface area contributed by atoms with E-state index in [1.165, 1.54) is 50.0 Å². The molecule has 0 aliphatic rings. The van der Waals surface area contributed by atoms with Crippen molar-refractivity contribution in [2.24, 2.45) is 4.74 Å². The quantitative estimate of drug-likeness (QED) is 0.445. The van der Waals surface area contributed by atoms with Crippen molar-refractivity contribution >= 4 is 14.1 Å². The summed E-state index contributed by atoms with van der Waals surface area (Å²) in [7, 11) is 1.23. The molecule has 0 spiro atoms. The van der Waals surface area contributed by atoms with E-state index < -0.39 is 0 Å². The molecule has 0 unspecified atom stereocenters. The number of nitrogens with zero attached hydrogens (tertiary/aromatic N) is 1. The molecule has 0 aromatic heterocycles. The SMILES string of the molecule is CCC(CC)(CC)P=Nc1c(C(C)(C)C)cc(C(C)(C)C)cc1C(C)(C)C. The summed E-state index contributed by atoms with van der Waals surface area (Å²) in [6.07, 6.45) is 3.54. The fraction of sp³-hybridized carbons (Fsp3) is 0.760. The Hall–Kier alpha value is -0.680. The Balaban J connectivity index is 3.85. The van der Waals surface area contributed by atoms with Gasteiger partial charge >= 0.3 is 0 Å². The molecule has 2 heteroatoms. The Labute approximate surface area is 171 Å². The van der Waals surface area contributed by atoms with Crippen molar-refractivity contribution in [3.8, 4) is 0 Å². The molecule has 1 aromatic rings. The second-order valence-electron chi connectivity index (χ2n) is 11.2. The average molecular weight is 390 g/mol. The van der Waals surface area contributed by atoms with Gasteiger partial charge in [-0.05, 0) is 52.2 Å². The summed E-state index contributed by atoms with van der Waals surface area (Å²) in [5.41, 5.74) is 5.72. The lowest BCUT2D eigenvalue weighted by atomic mass is 9.74. The van der Waals surface area contributed by atoms with Gasteiger partial charge in [0.25, 0.3) is 0 Å². The minimum Gasteiger partial charge on any atom is -0.231 e. The highest BCUT2D eigenvalue weighted by molar-refractivity contribution is 7.29. The minimum absolute atomic E-state index is 0.0723. The van der Waals surface area contributed by atoms with Crippen molar-refractivity contribution in [2.75, 3.05) is 0 Å². The molecule has 1 rings (SSSR count). The molecular formula is C25H44NP. The van der Waals surface area contributed by atoms with Crippen LogP contribution in [0.25, 0.3) is 0 Å². The Bertz CT molecular complexity index is 616. The van der Waals surface area contributed by atoms with Crippen LogP contribution in [0.5, 0.6) is 0 Å². The predicted octanol–water partition coefficient (Wildman–Crippen LogP) is 9.31. The summed E-state index contributed by atoms with van der Waals surface area (Å²) < 4.78 is 5.32. The predicted molar refractivity (Wildman–Crippen MR) is 125 cm³/mol. The highest BCUT2D eigenvalue weighted by Crippen LogP contribution is 2.46. The normalized spacial score (nSPS) is 14.2. The fourth-order valence-corrected chi connectivity index (χ4v) is 4.39. The van der Waals surface area contributed by atoms with E-state index in [9.17, 15) is 0 Å². The van der Waals surface area contributed by atoms with Gasteiger partial charge in [-0.3, -0.25) is 0 Å². The third kappa shape index (κ3) is 5.90. The molecular weight excluding hydrogens is 345 g/mol. The third-order valence-electron chi connectivity index (χ3n) is 5.93. The zero-order valence-corrected chi connectivity index (χ0v) is 21.1. The van der Waals surface area contributed by atoms with E-state index in [1.807, 2.05) is 0 Å². The van der Waals surface area contributed by atoms with Gasteiger partial charge in [0.15, 0.2) is 0 Å². The van der Waals surface area contributed by atoms with Crippen LogP contribution in [0.1, 0.15) is 119 Å². The lowest BCUT2D eigenvalue weighted by Crippen LogP contribution is -2.21. The van der Waals surface area contributed by atoms with Gasteiger partial charge in [-0.1, -0.05) is 95.2 Å². The number of hydrogen-bond donors (Lipinski definition) is 0. The van der Waals surface area contributed by atoms with Gasteiger partial charge in [0.2, 0.25) is 0 Å². The lowest BCUT2D eigenvalue weighted by molar-refractivity contribution is 0.527. The van der Waals surface area contributed by atoms with Gasteiger partial charge < -0.3 is 0 Å². The summed E-state index contributed by atoms with van der Waals surface area (Å²) >= 11 is 0. The van der Waals surface area contributed by atoms with Crippen molar-refractivity contribution in [2.45, 2.75) is 124 Å². The van der Waals surface area contributed by atoms with Crippen LogP contribution >= 0.6 is 8.37 Å². The van der Waals surface area contributed by atoms with E-state index in [2.05, 4.69) is 95.2 Å². The average Bonchev–Trinajstić information content (AvgIpc) is 2.53. The molecule has 0 aliphatic carbocycles. The Morgan fingerprint density at radius 1 is 0.667 bits per heavy atom. The molecule has 0 fully saturated rings. The number of rotatable bonds is 5. The molecule has 154 valence electrons. The fourth-order valence-electron chi connectivity index (χ4n) is 3.44. The van der Waals surface area contributed by atoms with Crippen LogP contribution in [0.3, 0.4) is 0 Å². The third-order valence-corrected chi connectivity index (χ3v) is 7.60. The second-order valence-corrected chi connectivity index (χ2v) is 12.5. The van der Waals surface area contributed by atoms with Gasteiger partial charge in [-0.2, -0.15) is 0 Å². The molecule has 1 nitrogen and oxygen atoms in total. The van der Waals surface area contributed by atoms with E-state index in [1.54, 1.807) is 0 Å². The van der Waals surface area contributed by atoms with Gasteiger partial charge in [0.05, 0.1) is 5.69 Å². The summed E-state index contributed by atoms with van der Waals surface area (Å²) in [6.45, 7) is 27.8. The first kappa shape index (κ1) is 24.4. The summed E-state index contributed by atoms with van der Waals surface area (Å²) in [5, 5.41) is 0.299. The van der Waals surface area contributed by atoms with Gasteiger partial charge in [0, 0.05) is 13.5 Å². The number of benzene rings is 1. The van der Waals surface area contributed by atoms with Crippen LogP contribution in [-0.4, -0.2) is 5.16 Å². The van der Waals surface area contributed by atoms with E-state index in [4.69, 9.17) is 4.74 Å². The van der Waals surface area contributed by atoms with Crippen molar-refractivity contribution in [3.63, 3.8) is 0 Å². The molecule has 27 heavy (non-hydrogen) atoms. The van der Waals surface area contributed by atoms with Crippen LogP contribution in [0.4, 0.5) is 5.69 Å².